The van der Waals surface area contributed by atoms with Crippen molar-refractivity contribution >= 4 is 16.6 Å². The van der Waals surface area contributed by atoms with Crippen LogP contribution < -0.4 is 5.73 Å². The van der Waals surface area contributed by atoms with Crippen LogP contribution in [0.15, 0.2) is 41.0 Å². The second-order valence-electron chi connectivity index (χ2n) is 6.24. The van der Waals surface area contributed by atoms with Gasteiger partial charge in [0.15, 0.2) is 0 Å². The second kappa shape index (κ2) is 5.26. The number of H-pyrrole nitrogens is 1. The van der Waals surface area contributed by atoms with Gasteiger partial charge in [0, 0.05) is 35.6 Å². The first kappa shape index (κ1) is 14.6. The molecule has 0 fully saturated rings. The normalized spacial score (nSPS) is 14.9. The number of fused-ring (bicyclic) bond motifs is 1. The van der Waals surface area contributed by atoms with E-state index in [0.717, 1.165) is 57.0 Å². The molecule has 1 aliphatic rings. The van der Waals surface area contributed by atoms with E-state index >= 15 is 0 Å². The van der Waals surface area contributed by atoms with Crippen LogP contribution in [0, 0.1) is 13.8 Å². The lowest BCUT2D eigenvalue weighted by molar-refractivity contribution is 0.393. The van der Waals surface area contributed by atoms with Crippen LogP contribution in [-0.2, 0) is 0 Å². The molecule has 24 heavy (non-hydrogen) atoms. The van der Waals surface area contributed by atoms with E-state index in [-0.39, 0.29) is 0 Å². The predicted molar refractivity (Wildman–Crippen MR) is 93.9 cm³/mol. The molecule has 6 heteroatoms. The fourth-order valence-corrected chi connectivity index (χ4v) is 3.31. The maximum atomic E-state index is 6.08. The molecule has 0 aliphatic carbocycles. The number of benzene rings is 1. The van der Waals surface area contributed by atoms with Crippen molar-refractivity contribution in [3.05, 3.63) is 53.5 Å². The minimum Gasteiger partial charge on any atom is -0.401 e. The molecule has 3 aromatic rings. The summed E-state index contributed by atoms with van der Waals surface area (Å²) in [6.45, 7) is 4.61. The third-order valence-corrected chi connectivity index (χ3v) is 4.29. The van der Waals surface area contributed by atoms with E-state index in [2.05, 4.69) is 38.4 Å². The Balaban J connectivity index is 1.97. The molecule has 0 spiro atoms. The first-order chi connectivity index (χ1) is 11.5. The molecule has 0 atom stereocenters. The van der Waals surface area contributed by atoms with Crippen molar-refractivity contribution in [3.8, 4) is 11.1 Å². The van der Waals surface area contributed by atoms with Crippen LogP contribution in [-0.4, -0.2) is 33.6 Å². The Morgan fingerprint density at radius 3 is 2.83 bits per heavy atom. The second-order valence-corrected chi connectivity index (χ2v) is 6.24. The van der Waals surface area contributed by atoms with Crippen molar-refractivity contribution in [1.82, 2.24) is 20.0 Å². The van der Waals surface area contributed by atoms with Crippen LogP contribution in [0.5, 0.6) is 0 Å². The number of hydrogen-bond donors (Lipinski definition) is 2. The number of aryl methyl sites for hydroxylation is 2. The van der Waals surface area contributed by atoms with Gasteiger partial charge in [0.1, 0.15) is 5.76 Å². The molecule has 0 saturated heterocycles. The minimum absolute atomic E-state index is 0.733. The average Bonchev–Trinajstić information content (AvgIpc) is 3.11. The van der Waals surface area contributed by atoms with Crippen LogP contribution in [0.25, 0.3) is 27.7 Å². The van der Waals surface area contributed by atoms with E-state index < -0.39 is 0 Å². The maximum Gasteiger partial charge on any atom is 0.141 e. The molecule has 3 heterocycles. The fourth-order valence-electron chi connectivity index (χ4n) is 3.31. The van der Waals surface area contributed by atoms with Gasteiger partial charge in [-0.15, -0.1) is 0 Å². The smallest absolute Gasteiger partial charge is 0.141 e. The topological polar surface area (TPSA) is 84.0 Å². The van der Waals surface area contributed by atoms with Gasteiger partial charge in [-0.05, 0) is 37.6 Å². The van der Waals surface area contributed by atoms with Crippen molar-refractivity contribution in [2.24, 2.45) is 5.73 Å². The summed E-state index contributed by atoms with van der Waals surface area (Å²) in [6.07, 6.45) is 5.82. The number of hydrogen-bond acceptors (Lipinski definition) is 5. The first-order valence-corrected chi connectivity index (χ1v) is 7.82. The SMILES string of the molecule is Cc1noc(C)c1-c1cc(C2=CN(C)CC(N)=C2)c2nc[nH]c2c1. The van der Waals surface area contributed by atoms with Gasteiger partial charge in [-0.2, -0.15) is 0 Å². The number of imidazole rings is 1. The summed E-state index contributed by atoms with van der Waals surface area (Å²) < 4.78 is 5.33. The zero-order valence-corrected chi connectivity index (χ0v) is 13.9. The lowest BCUT2D eigenvalue weighted by Gasteiger charge is -2.21. The third kappa shape index (κ3) is 2.27. The van der Waals surface area contributed by atoms with Crippen molar-refractivity contribution in [2.45, 2.75) is 13.8 Å². The van der Waals surface area contributed by atoms with Crippen molar-refractivity contribution in [1.29, 1.82) is 0 Å². The molecular formula is C18H19N5O. The fraction of sp³-hybridized carbons (Fsp3) is 0.222. The molecule has 4 rings (SSSR count). The highest BCUT2D eigenvalue weighted by Gasteiger charge is 2.18. The Hall–Kier alpha value is -3.02. The van der Waals surface area contributed by atoms with Gasteiger partial charge in [0.2, 0.25) is 0 Å². The summed E-state index contributed by atoms with van der Waals surface area (Å²) >= 11 is 0. The van der Waals surface area contributed by atoms with E-state index in [0.29, 0.717) is 0 Å². The number of aromatic amines is 1. The van der Waals surface area contributed by atoms with Crippen molar-refractivity contribution in [3.63, 3.8) is 0 Å². The van der Waals surface area contributed by atoms with E-state index in [4.69, 9.17) is 10.3 Å². The molecule has 0 unspecified atom stereocenters. The predicted octanol–water partition coefficient (Wildman–Crippen LogP) is 2.96. The molecule has 0 amide bonds. The Bertz CT molecular complexity index is 973. The Labute approximate surface area is 139 Å². The summed E-state index contributed by atoms with van der Waals surface area (Å²) in [6, 6.07) is 4.21. The van der Waals surface area contributed by atoms with Crippen LogP contribution in [0.1, 0.15) is 17.0 Å². The van der Waals surface area contributed by atoms with Crippen LogP contribution in [0.2, 0.25) is 0 Å². The van der Waals surface area contributed by atoms with Crippen LogP contribution >= 0.6 is 0 Å². The highest BCUT2D eigenvalue weighted by Crippen LogP contribution is 2.34. The van der Waals surface area contributed by atoms with Crippen molar-refractivity contribution in [2.75, 3.05) is 13.6 Å². The molecule has 0 bridgehead atoms. The molecule has 1 aliphatic heterocycles. The summed E-state index contributed by atoms with van der Waals surface area (Å²) in [4.78, 5) is 9.77. The minimum atomic E-state index is 0.733. The van der Waals surface area contributed by atoms with Gasteiger partial charge in [-0.25, -0.2) is 4.98 Å². The molecule has 0 saturated carbocycles. The lowest BCUT2D eigenvalue weighted by Crippen LogP contribution is -2.22. The number of nitrogens with two attached hydrogens (primary N) is 1. The summed E-state index contributed by atoms with van der Waals surface area (Å²) in [5, 5.41) is 4.07. The van der Waals surface area contributed by atoms with Gasteiger partial charge in [-0.3, -0.25) is 0 Å². The summed E-state index contributed by atoms with van der Waals surface area (Å²) in [5.41, 5.74) is 13.9. The number of nitrogens with one attached hydrogen (secondary N) is 1. The van der Waals surface area contributed by atoms with E-state index in [1.165, 1.54) is 0 Å². The number of rotatable bonds is 2. The molecular weight excluding hydrogens is 302 g/mol. The van der Waals surface area contributed by atoms with Gasteiger partial charge in [0.05, 0.1) is 29.6 Å². The summed E-state index contributed by atoms with van der Waals surface area (Å²) in [5.74, 6) is 0.808. The highest BCUT2D eigenvalue weighted by molar-refractivity contribution is 5.96. The summed E-state index contributed by atoms with van der Waals surface area (Å²) in [7, 11) is 2.01. The van der Waals surface area contributed by atoms with Gasteiger partial charge >= 0.3 is 0 Å². The zero-order valence-electron chi connectivity index (χ0n) is 13.9. The molecule has 1 aromatic carbocycles. The first-order valence-electron chi connectivity index (χ1n) is 7.82. The van der Waals surface area contributed by atoms with E-state index in [9.17, 15) is 0 Å². The number of likely N-dealkylation sites (N-methyl/N-ethyl adjacent to an activating group) is 1. The lowest BCUT2D eigenvalue weighted by atomic mass is 9.95. The Kier molecular flexibility index (Phi) is 3.19. The van der Waals surface area contributed by atoms with Crippen LogP contribution in [0.3, 0.4) is 0 Å². The van der Waals surface area contributed by atoms with Gasteiger partial charge in [-0.1, -0.05) is 5.16 Å². The third-order valence-electron chi connectivity index (χ3n) is 4.29. The molecule has 2 aromatic heterocycles. The standard InChI is InChI=1S/C18H19N5O/c1-10-17(11(2)24-22-10)12-5-15(18-16(6-12)20-9-21-18)13-4-14(19)8-23(3)7-13/h4-7,9H,8,19H2,1-3H3,(H,20,21). The van der Waals surface area contributed by atoms with E-state index in [1.807, 2.05) is 27.0 Å². The molecule has 3 N–H and O–H groups in total. The molecule has 6 nitrogen and oxygen atoms in total. The van der Waals surface area contributed by atoms with Crippen LogP contribution in [0.4, 0.5) is 0 Å². The van der Waals surface area contributed by atoms with Crippen molar-refractivity contribution < 1.29 is 4.52 Å². The zero-order chi connectivity index (χ0) is 16.8. The van der Waals surface area contributed by atoms with E-state index in [1.54, 1.807) is 6.33 Å². The largest absolute Gasteiger partial charge is 0.401 e. The number of nitrogens with zero attached hydrogens (tertiary/aromatic N) is 3. The molecule has 0 radical (unpaired) electrons. The number of allylic oxidation sites excluding steroid dienone is 2. The maximum absolute atomic E-state index is 6.08. The monoisotopic (exact) mass is 321 g/mol. The average molecular weight is 321 g/mol. The van der Waals surface area contributed by atoms with Gasteiger partial charge in [0.25, 0.3) is 0 Å². The highest BCUT2D eigenvalue weighted by atomic mass is 16.5. The molecule has 122 valence electrons. The van der Waals surface area contributed by atoms with Gasteiger partial charge < -0.3 is 20.1 Å². The number of aromatic nitrogens is 3. The Morgan fingerprint density at radius 1 is 1.29 bits per heavy atom. The Morgan fingerprint density at radius 2 is 2.12 bits per heavy atom. The quantitative estimate of drug-likeness (QED) is 0.758.